The van der Waals surface area contributed by atoms with Crippen LogP contribution in [0.25, 0.3) is 0 Å². The Hall–Kier alpha value is -0.780. The van der Waals surface area contributed by atoms with Gasteiger partial charge >= 0.3 is 0 Å². The molecule has 0 aliphatic heterocycles. The van der Waals surface area contributed by atoms with Gasteiger partial charge in [-0.3, -0.25) is 0 Å². The van der Waals surface area contributed by atoms with Gasteiger partial charge in [0.1, 0.15) is 0 Å². The van der Waals surface area contributed by atoms with Gasteiger partial charge in [0, 0.05) is 15.8 Å². The van der Waals surface area contributed by atoms with E-state index in [0.29, 0.717) is 15.8 Å². The molecule has 0 saturated heterocycles. The van der Waals surface area contributed by atoms with E-state index in [1.165, 1.54) is 11.8 Å². The first kappa shape index (κ1) is 13.6. The molecule has 18 heavy (non-hydrogen) atoms. The molecule has 0 fully saturated rings. The Morgan fingerprint density at radius 3 is 2.56 bits per heavy atom. The number of tetrazole rings is 1. The summed E-state index contributed by atoms with van der Waals surface area (Å²) in [4.78, 5) is 0. The molecule has 4 nitrogen and oxygen atoms in total. The van der Waals surface area contributed by atoms with Crippen molar-refractivity contribution in [3.63, 3.8) is 0 Å². The van der Waals surface area contributed by atoms with Gasteiger partial charge < -0.3 is 0 Å². The summed E-state index contributed by atoms with van der Waals surface area (Å²) in [7, 11) is 0. The monoisotopic (exact) mass is 302 g/mol. The van der Waals surface area contributed by atoms with Crippen molar-refractivity contribution in [2.75, 3.05) is 0 Å². The summed E-state index contributed by atoms with van der Waals surface area (Å²) in [5.74, 6) is 0.644. The van der Waals surface area contributed by atoms with Crippen molar-refractivity contribution < 1.29 is 0 Å². The number of hydrogen-bond donors (Lipinski definition) is 0. The normalized spacial score (nSPS) is 11.2. The van der Waals surface area contributed by atoms with E-state index < -0.39 is 0 Å². The molecular weight excluding hydrogens is 291 g/mol. The minimum atomic E-state index is 0.226. The summed E-state index contributed by atoms with van der Waals surface area (Å²) in [5, 5.41) is 13.7. The Kier molecular flexibility index (Phi) is 4.48. The maximum Gasteiger partial charge on any atom is 0.209 e. The lowest BCUT2D eigenvalue weighted by Gasteiger charge is -2.08. The lowest BCUT2D eigenvalue weighted by atomic mass is 10.2. The predicted octanol–water partition coefficient (Wildman–Crippen LogP) is 3.85. The highest BCUT2D eigenvalue weighted by molar-refractivity contribution is 7.98. The molecule has 0 radical (unpaired) electrons. The quantitative estimate of drug-likeness (QED) is 0.805. The fourth-order valence-electron chi connectivity index (χ4n) is 1.41. The van der Waals surface area contributed by atoms with E-state index in [4.69, 9.17) is 23.2 Å². The van der Waals surface area contributed by atoms with Gasteiger partial charge in [-0.1, -0.05) is 41.0 Å². The molecule has 96 valence electrons. The Bertz CT molecular complexity index is 521. The highest BCUT2D eigenvalue weighted by Crippen LogP contribution is 2.30. The van der Waals surface area contributed by atoms with Crippen LogP contribution < -0.4 is 0 Å². The number of hydrogen-bond acceptors (Lipinski definition) is 4. The second kappa shape index (κ2) is 5.91. The Morgan fingerprint density at radius 2 is 1.94 bits per heavy atom. The lowest BCUT2D eigenvalue weighted by molar-refractivity contribution is 0.477. The van der Waals surface area contributed by atoms with Crippen molar-refractivity contribution in [2.24, 2.45) is 0 Å². The average Bonchev–Trinajstić information content (AvgIpc) is 2.76. The smallest absolute Gasteiger partial charge is 0.209 e. The molecule has 7 heteroatoms. The summed E-state index contributed by atoms with van der Waals surface area (Å²) < 4.78 is 1.77. The van der Waals surface area contributed by atoms with Gasteiger partial charge in [0.15, 0.2) is 0 Å². The Morgan fingerprint density at radius 1 is 1.28 bits per heavy atom. The van der Waals surface area contributed by atoms with Crippen molar-refractivity contribution in [1.82, 2.24) is 20.2 Å². The van der Waals surface area contributed by atoms with E-state index in [9.17, 15) is 0 Å². The zero-order chi connectivity index (χ0) is 13.1. The van der Waals surface area contributed by atoms with Crippen LogP contribution in [0.15, 0.2) is 23.4 Å². The number of nitrogens with zero attached hydrogens (tertiary/aromatic N) is 4. The number of thioether (sulfide) groups is 1. The number of benzene rings is 1. The minimum absolute atomic E-state index is 0.226. The fraction of sp³-hybridized carbons (Fsp3) is 0.364. The third kappa shape index (κ3) is 2.96. The molecule has 0 saturated carbocycles. The first-order chi connectivity index (χ1) is 8.59. The highest BCUT2D eigenvalue weighted by Gasteiger charge is 2.12. The fourth-order valence-corrected chi connectivity index (χ4v) is 3.16. The number of aromatic nitrogens is 4. The standard InChI is InChI=1S/C11H12Cl2N4S/c1-7(2)17-11(14-15-16-17)18-6-8-9(12)4-3-5-10(8)13/h3-5,7H,6H2,1-2H3. The summed E-state index contributed by atoms with van der Waals surface area (Å²) in [6.45, 7) is 4.06. The van der Waals surface area contributed by atoms with Crippen LogP contribution >= 0.6 is 35.0 Å². The molecule has 0 spiro atoms. The van der Waals surface area contributed by atoms with Gasteiger partial charge in [-0.2, -0.15) is 0 Å². The van der Waals surface area contributed by atoms with Gasteiger partial charge in [-0.25, -0.2) is 4.68 Å². The van der Waals surface area contributed by atoms with Gasteiger partial charge in [-0.15, -0.1) is 5.10 Å². The molecule has 0 unspecified atom stereocenters. The van der Waals surface area contributed by atoms with Crippen LogP contribution in [0.4, 0.5) is 0 Å². The summed E-state index contributed by atoms with van der Waals surface area (Å²) in [6, 6.07) is 5.71. The summed E-state index contributed by atoms with van der Waals surface area (Å²) in [6.07, 6.45) is 0. The van der Waals surface area contributed by atoms with E-state index in [2.05, 4.69) is 15.5 Å². The molecule has 2 aromatic rings. The van der Waals surface area contributed by atoms with E-state index in [-0.39, 0.29) is 6.04 Å². The number of halogens is 2. The Balaban J connectivity index is 2.14. The zero-order valence-corrected chi connectivity index (χ0v) is 12.3. The summed E-state index contributed by atoms with van der Waals surface area (Å²) >= 11 is 13.8. The molecule has 0 aliphatic carbocycles. The Labute approximate surface area is 120 Å². The molecule has 0 aliphatic rings. The molecule has 0 bridgehead atoms. The molecule has 0 atom stereocenters. The molecule has 0 N–H and O–H groups in total. The van der Waals surface area contributed by atoms with Gasteiger partial charge in [0.25, 0.3) is 0 Å². The SMILES string of the molecule is CC(C)n1nnnc1SCc1c(Cl)cccc1Cl. The predicted molar refractivity (Wildman–Crippen MR) is 74.2 cm³/mol. The molecule has 1 heterocycles. The maximum absolute atomic E-state index is 6.12. The number of rotatable bonds is 4. The second-order valence-electron chi connectivity index (χ2n) is 3.99. The molecule has 2 rings (SSSR count). The van der Waals surface area contributed by atoms with Crippen LogP contribution in [0.2, 0.25) is 10.0 Å². The highest BCUT2D eigenvalue weighted by atomic mass is 35.5. The van der Waals surface area contributed by atoms with Crippen molar-refractivity contribution >= 4 is 35.0 Å². The van der Waals surface area contributed by atoms with Crippen molar-refractivity contribution in [1.29, 1.82) is 0 Å². The topological polar surface area (TPSA) is 43.6 Å². The van der Waals surface area contributed by atoms with Crippen LogP contribution in [-0.2, 0) is 5.75 Å². The minimum Gasteiger partial charge on any atom is -0.218 e. The van der Waals surface area contributed by atoms with Crippen LogP contribution in [0.5, 0.6) is 0 Å². The second-order valence-corrected chi connectivity index (χ2v) is 5.75. The van der Waals surface area contributed by atoms with E-state index >= 15 is 0 Å². The molecule has 1 aromatic carbocycles. The van der Waals surface area contributed by atoms with Gasteiger partial charge in [0.05, 0.1) is 6.04 Å². The lowest BCUT2D eigenvalue weighted by Crippen LogP contribution is -2.04. The van der Waals surface area contributed by atoms with Gasteiger partial charge in [-0.05, 0) is 42.0 Å². The third-order valence-electron chi connectivity index (χ3n) is 2.36. The first-order valence-electron chi connectivity index (χ1n) is 5.43. The van der Waals surface area contributed by atoms with Crippen LogP contribution in [0.3, 0.4) is 0 Å². The van der Waals surface area contributed by atoms with E-state index in [1.807, 2.05) is 32.0 Å². The summed E-state index contributed by atoms with van der Waals surface area (Å²) in [5.41, 5.74) is 0.907. The van der Waals surface area contributed by atoms with E-state index in [1.54, 1.807) is 4.68 Å². The maximum atomic E-state index is 6.12. The largest absolute Gasteiger partial charge is 0.218 e. The first-order valence-corrected chi connectivity index (χ1v) is 7.17. The molecular formula is C11H12Cl2N4S. The molecule has 1 aromatic heterocycles. The van der Waals surface area contributed by atoms with Crippen LogP contribution in [0, 0.1) is 0 Å². The van der Waals surface area contributed by atoms with Gasteiger partial charge in [0.2, 0.25) is 5.16 Å². The van der Waals surface area contributed by atoms with Crippen LogP contribution in [0.1, 0.15) is 25.5 Å². The van der Waals surface area contributed by atoms with Crippen molar-refractivity contribution in [3.05, 3.63) is 33.8 Å². The third-order valence-corrected chi connectivity index (χ3v) is 4.03. The van der Waals surface area contributed by atoms with Crippen molar-refractivity contribution in [2.45, 2.75) is 30.8 Å². The van der Waals surface area contributed by atoms with E-state index in [0.717, 1.165) is 10.7 Å². The average molecular weight is 303 g/mol. The van der Waals surface area contributed by atoms with Crippen molar-refractivity contribution in [3.8, 4) is 0 Å². The molecule has 0 amide bonds. The van der Waals surface area contributed by atoms with Crippen LogP contribution in [-0.4, -0.2) is 20.2 Å². The zero-order valence-electron chi connectivity index (χ0n) is 9.97.